The third kappa shape index (κ3) is 2.76. The van der Waals surface area contributed by atoms with E-state index in [0.29, 0.717) is 17.1 Å². The molecule has 2 aromatic carbocycles. The number of nitrogens with zero attached hydrogens (tertiary/aromatic N) is 1. The Morgan fingerprint density at radius 3 is 2.92 bits per heavy atom. The minimum atomic E-state index is -0.0922. The second-order valence-corrected chi connectivity index (χ2v) is 6.63. The number of carbonyl (C=O) groups is 1. The van der Waals surface area contributed by atoms with Crippen molar-refractivity contribution in [1.29, 1.82) is 0 Å². The third-order valence-electron chi connectivity index (χ3n) is 4.97. The Labute approximate surface area is 152 Å². The van der Waals surface area contributed by atoms with E-state index in [9.17, 15) is 4.79 Å². The van der Waals surface area contributed by atoms with E-state index in [0.717, 1.165) is 30.0 Å². The lowest BCUT2D eigenvalue weighted by atomic mass is 9.94. The van der Waals surface area contributed by atoms with E-state index < -0.39 is 0 Å². The van der Waals surface area contributed by atoms with Crippen LogP contribution in [0.5, 0.6) is 17.2 Å². The molecule has 0 spiro atoms. The minimum Gasteiger partial charge on any atom is -0.492 e. The average Bonchev–Trinajstić information content (AvgIpc) is 3.10. The Hall–Kier alpha value is -2.73. The van der Waals surface area contributed by atoms with Gasteiger partial charge in [0.15, 0.2) is 17.3 Å². The van der Waals surface area contributed by atoms with E-state index >= 15 is 0 Å². The van der Waals surface area contributed by atoms with Crippen LogP contribution in [-0.4, -0.2) is 38.2 Å². The van der Waals surface area contributed by atoms with E-state index in [1.54, 1.807) is 14.0 Å². The van der Waals surface area contributed by atoms with Crippen LogP contribution in [0, 0.1) is 0 Å². The Bertz CT molecular complexity index is 865. The molecule has 1 atom stereocenters. The van der Waals surface area contributed by atoms with Gasteiger partial charge < -0.3 is 19.5 Å². The molecule has 0 bridgehead atoms. The van der Waals surface area contributed by atoms with Gasteiger partial charge in [0.25, 0.3) is 0 Å². The lowest BCUT2D eigenvalue weighted by molar-refractivity contribution is 0.101. The first-order valence-electron chi connectivity index (χ1n) is 8.65. The summed E-state index contributed by atoms with van der Waals surface area (Å²) in [6.45, 7) is 2.69. The standard InChI is InChI=1S/C20H22N2O4/c1-12(23)13-5-4-6-15(9-13)21-20-17-14(7-8-22(20)2)10-16-18(19(17)24-3)26-11-25-16/h4-6,9-10,20-21H,7-8,11H2,1-3H3/t20-/m0/s1. The molecule has 0 aromatic heterocycles. The summed E-state index contributed by atoms with van der Waals surface area (Å²) < 4.78 is 16.9. The van der Waals surface area contributed by atoms with Gasteiger partial charge >= 0.3 is 0 Å². The molecule has 0 saturated carbocycles. The van der Waals surface area contributed by atoms with Crippen LogP contribution >= 0.6 is 0 Å². The molecule has 0 saturated heterocycles. The number of anilines is 1. The van der Waals surface area contributed by atoms with Crippen molar-refractivity contribution in [2.24, 2.45) is 0 Å². The van der Waals surface area contributed by atoms with Crippen molar-refractivity contribution in [3.63, 3.8) is 0 Å². The second-order valence-electron chi connectivity index (χ2n) is 6.63. The van der Waals surface area contributed by atoms with Crippen molar-refractivity contribution < 1.29 is 19.0 Å². The summed E-state index contributed by atoms with van der Waals surface area (Å²) in [6.07, 6.45) is 0.815. The monoisotopic (exact) mass is 354 g/mol. The summed E-state index contributed by atoms with van der Waals surface area (Å²) in [4.78, 5) is 13.9. The van der Waals surface area contributed by atoms with Crippen molar-refractivity contribution in [1.82, 2.24) is 4.90 Å². The highest BCUT2D eigenvalue weighted by atomic mass is 16.7. The molecule has 0 fully saturated rings. The number of ketones is 1. The summed E-state index contributed by atoms with van der Waals surface area (Å²) in [5.41, 5.74) is 3.82. The van der Waals surface area contributed by atoms with Crippen LogP contribution in [0.25, 0.3) is 0 Å². The summed E-state index contributed by atoms with van der Waals surface area (Å²) in [6, 6.07) is 9.61. The zero-order valence-corrected chi connectivity index (χ0v) is 15.2. The summed E-state index contributed by atoms with van der Waals surface area (Å²) in [5.74, 6) is 2.15. The lowest BCUT2D eigenvalue weighted by Crippen LogP contribution is -2.37. The summed E-state index contributed by atoms with van der Waals surface area (Å²) in [7, 11) is 3.72. The first-order chi connectivity index (χ1) is 12.6. The van der Waals surface area contributed by atoms with Crippen LogP contribution in [0.4, 0.5) is 5.69 Å². The third-order valence-corrected chi connectivity index (χ3v) is 4.97. The molecule has 2 heterocycles. The van der Waals surface area contributed by atoms with Crippen LogP contribution in [0.3, 0.4) is 0 Å². The Kier molecular flexibility index (Phi) is 4.20. The second kappa shape index (κ2) is 6.53. The number of nitrogens with one attached hydrogen (secondary N) is 1. The van der Waals surface area contributed by atoms with Crippen molar-refractivity contribution >= 4 is 11.5 Å². The van der Waals surface area contributed by atoms with Crippen molar-refractivity contribution in [2.45, 2.75) is 19.5 Å². The van der Waals surface area contributed by atoms with Crippen LogP contribution < -0.4 is 19.5 Å². The van der Waals surface area contributed by atoms with Crippen molar-refractivity contribution in [2.75, 3.05) is 32.8 Å². The minimum absolute atomic E-state index is 0.0481. The molecule has 6 nitrogen and oxygen atoms in total. The molecule has 26 heavy (non-hydrogen) atoms. The number of hydrogen-bond acceptors (Lipinski definition) is 6. The van der Waals surface area contributed by atoms with Crippen LogP contribution in [0.15, 0.2) is 30.3 Å². The molecular weight excluding hydrogens is 332 g/mol. The predicted molar refractivity (Wildman–Crippen MR) is 98.3 cm³/mol. The molecule has 0 unspecified atom stereocenters. The van der Waals surface area contributed by atoms with Crippen molar-refractivity contribution in [3.05, 3.63) is 47.0 Å². The van der Waals surface area contributed by atoms with Crippen molar-refractivity contribution in [3.8, 4) is 17.2 Å². The van der Waals surface area contributed by atoms with Gasteiger partial charge in [-0.05, 0) is 44.2 Å². The van der Waals surface area contributed by atoms with E-state index in [1.807, 2.05) is 30.3 Å². The molecule has 6 heteroatoms. The maximum atomic E-state index is 11.7. The maximum Gasteiger partial charge on any atom is 0.231 e. The molecule has 2 aliphatic rings. The molecule has 0 amide bonds. The number of fused-ring (bicyclic) bond motifs is 2. The fourth-order valence-corrected chi connectivity index (χ4v) is 3.60. The smallest absolute Gasteiger partial charge is 0.231 e. The van der Waals surface area contributed by atoms with Gasteiger partial charge in [-0.15, -0.1) is 0 Å². The van der Waals surface area contributed by atoms with Gasteiger partial charge in [-0.2, -0.15) is 0 Å². The van der Waals surface area contributed by atoms with E-state index in [2.05, 4.69) is 17.3 Å². The first kappa shape index (κ1) is 16.7. The maximum absolute atomic E-state index is 11.7. The number of rotatable bonds is 4. The number of ether oxygens (including phenoxy) is 3. The molecule has 4 rings (SSSR count). The quantitative estimate of drug-likeness (QED) is 0.851. The number of carbonyl (C=O) groups excluding carboxylic acids is 1. The molecule has 0 radical (unpaired) electrons. The first-order valence-corrected chi connectivity index (χ1v) is 8.65. The average molecular weight is 354 g/mol. The van der Waals surface area contributed by atoms with Gasteiger partial charge in [0.05, 0.1) is 7.11 Å². The van der Waals surface area contributed by atoms with E-state index in [1.165, 1.54) is 5.56 Å². The highest BCUT2D eigenvalue weighted by Gasteiger charge is 2.34. The molecule has 136 valence electrons. The predicted octanol–water partition coefficient (Wildman–Crippen LogP) is 3.23. The number of methoxy groups -OCH3 is 1. The SMILES string of the molecule is COc1c2c(cc3c1[C@@H](Nc1cccc(C(C)=O)c1)N(C)CC3)OCO2. The normalized spacial score (nSPS) is 18.3. The Balaban J connectivity index is 1.76. The fourth-order valence-electron chi connectivity index (χ4n) is 3.60. The molecule has 2 aliphatic heterocycles. The Morgan fingerprint density at radius 2 is 2.15 bits per heavy atom. The number of hydrogen-bond donors (Lipinski definition) is 1. The van der Waals surface area contributed by atoms with Crippen LogP contribution in [0.2, 0.25) is 0 Å². The highest BCUT2D eigenvalue weighted by Crippen LogP contribution is 2.49. The fraction of sp³-hybridized carbons (Fsp3) is 0.350. The van der Waals surface area contributed by atoms with E-state index in [-0.39, 0.29) is 18.7 Å². The van der Waals surface area contributed by atoms with E-state index in [4.69, 9.17) is 14.2 Å². The van der Waals surface area contributed by atoms with Gasteiger partial charge in [-0.1, -0.05) is 12.1 Å². The Morgan fingerprint density at radius 1 is 1.31 bits per heavy atom. The number of likely N-dealkylation sites (N-methyl/N-ethyl adjacent to an activating group) is 1. The topological polar surface area (TPSA) is 60.0 Å². The largest absolute Gasteiger partial charge is 0.492 e. The zero-order chi connectivity index (χ0) is 18.3. The van der Waals surface area contributed by atoms with Gasteiger partial charge in [0, 0.05) is 23.4 Å². The summed E-state index contributed by atoms with van der Waals surface area (Å²) in [5, 5.41) is 3.55. The zero-order valence-electron chi connectivity index (χ0n) is 15.2. The van der Waals surface area contributed by atoms with Crippen LogP contribution in [-0.2, 0) is 6.42 Å². The molecule has 2 aromatic rings. The number of benzene rings is 2. The highest BCUT2D eigenvalue weighted by molar-refractivity contribution is 5.94. The van der Waals surface area contributed by atoms with Gasteiger partial charge in [-0.3, -0.25) is 9.69 Å². The molecule has 0 aliphatic carbocycles. The molecule has 1 N–H and O–H groups in total. The van der Waals surface area contributed by atoms with Crippen LogP contribution in [0.1, 0.15) is 34.6 Å². The van der Waals surface area contributed by atoms with Gasteiger partial charge in [-0.25, -0.2) is 0 Å². The lowest BCUT2D eigenvalue weighted by Gasteiger charge is -2.36. The summed E-state index contributed by atoms with van der Waals surface area (Å²) >= 11 is 0. The molecular formula is C20H22N2O4. The number of Topliss-reactive ketones (excluding diaryl/α,β-unsaturated/α-hetero) is 1. The van der Waals surface area contributed by atoms with Gasteiger partial charge in [0.1, 0.15) is 6.17 Å². The van der Waals surface area contributed by atoms with Gasteiger partial charge in [0.2, 0.25) is 12.5 Å².